The van der Waals surface area contributed by atoms with Gasteiger partial charge in [-0.1, -0.05) is 60.7 Å². The van der Waals surface area contributed by atoms with Crippen molar-refractivity contribution in [1.82, 2.24) is 0 Å². The minimum absolute atomic E-state index is 0.0230. The van der Waals surface area contributed by atoms with Crippen LogP contribution in [0.5, 0.6) is 0 Å². The number of hydrogen-bond acceptors (Lipinski definition) is 5. The Balaban J connectivity index is 2.22. The minimum atomic E-state index is -4.22. The first kappa shape index (κ1) is 19.8. The average molecular weight is 374 g/mol. The Morgan fingerprint density at radius 1 is 0.962 bits per heavy atom. The third-order valence-electron chi connectivity index (χ3n) is 3.30. The van der Waals surface area contributed by atoms with Gasteiger partial charge in [-0.15, -0.1) is 4.79 Å². The Hall–Kier alpha value is -2.56. The van der Waals surface area contributed by atoms with Crippen molar-refractivity contribution in [3.8, 4) is 0 Å². The molecule has 0 N–H and O–H groups in total. The zero-order valence-corrected chi connectivity index (χ0v) is 15.2. The minimum Gasteiger partial charge on any atom is -0.457 e. The number of benzene rings is 2. The topological polar surface area (TPSA) is 98.2 Å². The molecule has 0 aliphatic heterocycles. The summed E-state index contributed by atoms with van der Waals surface area (Å²) in [6.45, 7) is 1.42. The third kappa shape index (κ3) is 5.48. The fraction of sp³-hybridized carbons (Fsp3) is 0.222. The molecule has 0 radical (unpaired) electrons. The molecule has 26 heavy (non-hydrogen) atoms. The van der Waals surface area contributed by atoms with Gasteiger partial charge in [-0.25, -0.2) is 9.36 Å². The Kier molecular flexibility index (Phi) is 7.45. The molecule has 2 rings (SSSR count). The van der Waals surface area contributed by atoms with Crippen LogP contribution >= 0.6 is 7.60 Å². The predicted octanol–water partition coefficient (Wildman–Crippen LogP) is 3.80. The molecule has 0 heterocycles. The number of rotatable bonds is 9. The van der Waals surface area contributed by atoms with Crippen molar-refractivity contribution in [1.29, 1.82) is 0 Å². The lowest BCUT2D eigenvalue weighted by Crippen LogP contribution is -2.21. The quantitative estimate of drug-likeness (QED) is 0.219. The van der Waals surface area contributed by atoms with Crippen LogP contribution in [-0.4, -0.2) is 22.8 Å². The van der Waals surface area contributed by atoms with Gasteiger partial charge in [0.25, 0.3) is 0 Å². The van der Waals surface area contributed by atoms with E-state index in [0.29, 0.717) is 0 Å². The van der Waals surface area contributed by atoms with Crippen LogP contribution in [0.4, 0.5) is 0 Å². The van der Waals surface area contributed by atoms with Gasteiger partial charge in [-0.3, -0.25) is 9.05 Å². The highest BCUT2D eigenvalue weighted by Crippen LogP contribution is 2.51. The van der Waals surface area contributed by atoms with E-state index in [1.165, 1.54) is 0 Å². The molecule has 0 aromatic heterocycles. The molecule has 7 nitrogen and oxygen atoms in total. The Morgan fingerprint density at radius 2 is 1.42 bits per heavy atom. The SMILES string of the molecule is CCOC(=O)C(=[N+]=[N-])P(=O)(OCc1ccccc1)OCc1ccccc1. The molecule has 0 spiro atoms. The Bertz CT molecular complexity index is 772. The normalized spacial score (nSPS) is 10.8. The maximum absolute atomic E-state index is 13.2. The summed E-state index contributed by atoms with van der Waals surface area (Å²) in [5.74, 6) is -1.06. The predicted molar refractivity (Wildman–Crippen MR) is 95.3 cm³/mol. The fourth-order valence-electron chi connectivity index (χ4n) is 2.03. The highest BCUT2D eigenvalue weighted by atomic mass is 31.2. The van der Waals surface area contributed by atoms with E-state index in [9.17, 15) is 14.9 Å². The van der Waals surface area contributed by atoms with E-state index in [2.05, 4.69) is 4.79 Å². The van der Waals surface area contributed by atoms with E-state index in [0.717, 1.165) is 11.1 Å². The molecule has 0 aliphatic rings. The molecule has 0 amide bonds. The first-order valence-corrected chi connectivity index (χ1v) is 9.50. The zero-order chi connectivity index (χ0) is 18.8. The van der Waals surface area contributed by atoms with E-state index < -0.39 is 19.0 Å². The molecule has 136 valence electrons. The average Bonchev–Trinajstić information content (AvgIpc) is 2.67. The van der Waals surface area contributed by atoms with Gasteiger partial charge in [0.05, 0.1) is 19.8 Å². The maximum Gasteiger partial charge on any atom is 0.484 e. The first-order valence-electron chi connectivity index (χ1n) is 7.95. The molecule has 0 saturated carbocycles. The highest BCUT2D eigenvalue weighted by Gasteiger charge is 2.47. The van der Waals surface area contributed by atoms with Crippen molar-refractivity contribution in [3.63, 3.8) is 0 Å². The van der Waals surface area contributed by atoms with Gasteiger partial charge in [0.2, 0.25) is 0 Å². The number of carbonyl (C=O) groups is 1. The molecule has 2 aromatic carbocycles. The largest absolute Gasteiger partial charge is 0.484 e. The van der Waals surface area contributed by atoms with Crippen LogP contribution < -0.4 is 0 Å². The van der Waals surface area contributed by atoms with Gasteiger partial charge in [0, 0.05) is 0 Å². The summed E-state index contributed by atoms with van der Waals surface area (Å²) in [5.41, 5.74) is 9.86. The van der Waals surface area contributed by atoms with Gasteiger partial charge in [0.1, 0.15) is 0 Å². The smallest absolute Gasteiger partial charge is 0.457 e. The summed E-state index contributed by atoms with van der Waals surface area (Å²) in [6.07, 6.45) is 0. The fourth-order valence-corrected chi connectivity index (χ4v) is 3.38. The summed E-state index contributed by atoms with van der Waals surface area (Å²) >= 11 is 0. The summed E-state index contributed by atoms with van der Waals surface area (Å²) < 4.78 is 28.8. The molecule has 0 fully saturated rings. The maximum atomic E-state index is 13.2. The second-order valence-electron chi connectivity index (χ2n) is 5.16. The third-order valence-corrected chi connectivity index (χ3v) is 5.03. The molecule has 2 aromatic rings. The Labute approximate surface area is 151 Å². The molecular formula is C18H19N2O5P. The number of hydrogen-bond donors (Lipinski definition) is 0. The number of esters is 1. The number of nitrogens with zero attached hydrogens (tertiary/aromatic N) is 2. The van der Waals surface area contributed by atoms with Crippen LogP contribution in [0.2, 0.25) is 0 Å². The van der Waals surface area contributed by atoms with E-state index in [4.69, 9.17) is 13.8 Å². The van der Waals surface area contributed by atoms with Gasteiger partial charge in [-0.05, 0) is 18.1 Å². The second-order valence-corrected chi connectivity index (χ2v) is 7.09. The van der Waals surface area contributed by atoms with Crippen molar-refractivity contribution in [3.05, 3.63) is 77.3 Å². The van der Waals surface area contributed by atoms with E-state index in [-0.39, 0.29) is 19.8 Å². The number of carbonyl (C=O) groups excluding carboxylic acids is 1. The van der Waals surface area contributed by atoms with Gasteiger partial charge in [-0.2, -0.15) is 0 Å². The van der Waals surface area contributed by atoms with Gasteiger partial charge in [0.15, 0.2) is 0 Å². The van der Waals surface area contributed by atoms with E-state index in [1.807, 2.05) is 12.1 Å². The monoisotopic (exact) mass is 374 g/mol. The summed E-state index contributed by atoms with van der Waals surface area (Å²) in [6, 6.07) is 17.9. The van der Waals surface area contributed by atoms with Crippen LogP contribution in [-0.2, 0) is 36.4 Å². The summed E-state index contributed by atoms with van der Waals surface area (Å²) in [5, 5.41) is 0. The lowest BCUT2D eigenvalue weighted by Gasteiger charge is -2.14. The lowest BCUT2D eigenvalue weighted by molar-refractivity contribution is -0.139. The summed E-state index contributed by atoms with van der Waals surface area (Å²) in [4.78, 5) is 14.8. The standard InChI is InChI=1S/C18H19N2O5P/c1-2-23-18(21)17(20-19)26(22,24-13-15-9-5-3-6-10-15)25-14-16-11-7-4-8-12-16/h3-12H,2,13-14H2,1H3. The van der Waals surface area contributed by atoms with Crippen LogP contribution in [0.25, 0.3) is 5.53 Å². The molecular weight excluding hydrogens is 355 g/mol. The second kappa shape index (κ2) is 9.80. The summed E-state index contributed by atoms with van der Waals surface area (Å²) in [7, 11) is -4.22. The van der Waals surface area contributed by atoms with Gasteiger partial charge < -0.3 is 10.3 Å². The molecule has 0 aliphatic carbocycles. The van der Waals surface area contributed by atoms with Crippen molar-refractivity contribution in [2.45, 2.75) is 20.1 Å². The first-order chi connectivity index (χ1) is 12.6. The van der Waals surface area contributed by atoms with Gasteiger partial charge >= 0.3 is 19.0 Å². The van der Waals surface area contributed by atoms with Crippen LogP contribution in [0.1, 0.15) is 18.1 Å². The lowest BCUT2D eigenvalue weighted by atomic mass is 10.2. The van der Waals surface area contributed by atoms with Crippen LogP contribution in [0.3, 0.4) is 0 Å². The van der Waals surface area contributed by atoms with E-state index in [1.54, 1.807) is 55.5 Å². The number of ether oxygens (including phenoxy) is 1. The van der Waals surface area contributed by atoms with Crippen molar-refractivity contribution >= 4 is 19.0 Å². The zero-order valence-electron chi connectivity index (χ0n) is 14.3. The highest BCUT2D eigenvalue weighted by molar-refractivity contribution is 7.74. The Morgan fingerprint density at radius 3 is 1.81 bits per heavy atom. The van der Waals surface area contributed by atoms with Crippen molar-refractivity contribution in [2.75, 3.05) is 6.61 Å². The molecule has 0 atom stereocenters. The van der Waals surface area contributed by atoms with E-state index >= 15 is 0 Å². The van der Waals surface area contributed by atoms with Crippen LogP contribution in [0, 0.1) is 0 Å². The molecule has 0 saturated heterocycles. The molecule has 0 bridgehead atoms. The molecule has 8 heteroatoms. The van der Waals surface area contributed by atoms with Crippen molar-refractivity contribution in [2.24, 2.45) is 0 Å². The van der Waals surface area contributed by atoms with Crippen molar-refractivity contribution < 1.29 is 27.9 Å². The van der Waals surface area contributed by atoms with Crippen LogP contribution in [0.15, 0.2) is 60.7 Å². The molecule has 0 unspecified atom stereocenters.